The van der Waals surface area contributed by atoms with Gasteiger partial charge in [-0.1, -0.05) is 24.3 Å². The first-order valence-corrected chi connectivity index (χ1v) is 13.8. The molecule has 2 amide bonds. The Labute approximate surface area is 226 Å². The highest BCUT2D eigenvalue weighted by Gasteiger charge is 2.31. The van der Waals surface area contributed by atoms with E-state index in [1.807, 2.05) is 65.6 Å². The van der Waals surface area contributed by atoms with Crippen LogP contribution < -0.4 is 5.32 Å². The minimum atomic E-state index is -0.172. The molecule has 38 heavy (non-hydrogen) atoms. The van der Waals surface area contributed by atoms with Gasteiger partial charge in [-0.25, -0.2) is 4.98 Å². The monoisotopic (exact) mass is 523 g/mol. The summed E-state index contributed by atoms with van der Waals surface area (Å²) in [5, 5.41) is 3.64. The van der Waals surface area contributed by atoms with Crippen LogP contribution in [-0.4, -0.2) is 51.7 Å². The molecule has 2 aromatic heterocycles. The van der Waals surface area contributed by atoms with Crippen LogP contribution in [0.2, 0.25) is 0 Å². The van der Waals surface area contributed by atoms with E-state index in [1.165, 1.54) is 4.88 Å². The number of benzene rings is 2. The molecule has 0 radical (unpaired) electrons. The second-order valence-electron chi connectivity index (χ2n) is 9.93. The van der Waals surface area contributed by atoms with E-state index < -0.39 is 0 Å². The highest BCUT2D eigenvalue weighted by Crippen LogP contribution is 2.34. The Balaban J connectivity index is 1.17. The Kier molecular flexibility index (Phi) is 6.74. The molecule has 6 rings (SSSR count). The van der Waals surface area contributed by atoms with Gasteiger partial charge in [0.2, 0.25) is 0 Å². The first-order chi connectivity index (χ1) is 18.5. The quantitative estimate of drug-likeness (QED) is 0.378. The van der Waals surface area contributed by atoms with Gasteiger partial charge in [-0.05, 0) is 73.0 Å². The third kappa shape index (κ3) is 4.97. The van der Waals surface area contributed by atoms with Crippen molar-refractivity contribution in [3.63, 3.8) is 0 Å². The SMILES string of the molecule is CN1CCc2nc(NC(=O)c3cccc(C4CCCN4C(=O)c4ccc(-c5ccncc5)cc4)c3)sc2C1. The summed E-state index contributed by atoms with van der Waals surface area (Å²) in [5.41, 5.74) is 5.44. The van der Waals surface area contributed by atoms with Gasteiger partial charge in [-0.3, -0.25) is 19.9 Å². The van der Waals surface area contributed by atoms with Gasteiger partial charge in [0.25, 0.3) is 11.8 Å². The van der Waals surface area contributed by atoms with Gasteiger partial charge in [0.05, 0.1) is 11.7 Å². The Morgan fingerprint density at radius 1 is 0.974 bits per heavy atom. The number of rotatable bonds is 5. The summed E-state index contributed by atoms with van der Waals surface area (Å²) in [7, 11) is 2.10. The van der Waals surface area contributed by atoms with Gasteiger partial charge in [0, 0.05) is 54.5 Å². The second kappa shape index (κ2) is 10.5. The van der Waals surface area contributed by atoms with E-state index in [0.29, 0.717) is 22.8 Å². The standard InChI is InChI=1S/C30H29N5O2S/c1-34-17-13-25-27(19-34)38-30(32-25)33-28(36)24-5-2-4-23(18-24)26-6-3-16-35(26)29(37)22-9-7-20(8-10-22)21-11-14-31-15-12-21/h2,4-5,7-12,14-15,18,26H,3,6,13,16-17,19H2,1H3,(H,32,33,36). The number of likely N-dealkylation sites (N-methyl/N-ethyl adjacent to an activating group) is 1. The van der Waals surface area contributed by atoms with Crippen molar-refractivity contribution in [2.75, 3.05) is 25.5 Å². The van der Waals surface area contributed by atoms with Crippen LogP contribution in [0.5, 0.6) is 0 Å². The van der Waals surface area contributed by atoms with Crippen LogP contribution in [0.3, 0.4) is 0 Å². The van der Waals surface area contributed by atoms with Crippen LogP contribution >= 0.6 is 11.3 Å². The zero-order valence-electron chi connectivity index (χ0n) is 21.3. The number of nitrogens with one attached hydrogen (secondary N) is 1. The fraction of sp³-hybridized carbons (Fsp3) is 0.267. The average molecular weight is 524 g/mol. The molecule has 1 atom stereocenters. The summed E-state index contributed by atoms with van der Waals surface area (Å²) in [6.45, 7) is 2.55. The molecule has 1 unspecified atom stereocenters. The van der Waals surface area contributed by atoms with Crippen LogP contribution in [0, 0.1) is 0 Å². The third-order valence-electron chi connectivity index (χ3n) is 7.34. The number of pyridine rings is 1. The van der Waals surface area contributed by atoms with E-state index in [9.17, 15) is 9.59 Å². The van der Waals surface area contributed by atoms with E-state index in [-0.39, 0.29) is 17.9 Å². The molecule has 4 aromatic rings. The number of likely N-dealkylation sites (tertiary alicyclic amines) is 1. The Bertz CT molecular complexity index is 1470. The third-order valence-corrected chi connectivity index (χ3v) is 8.33. The van der Waals surface area contributed by atoms with Crippen LogP contribution in [0.25, 0.3) is 11.1 Å². The highest BCUT2D eigenvalue weighted by molar-refractivity contribution is 7.15. The van der Waals surface area contributed by atoms with Crippen molar-refractivity contribution in [2.45, 2.75) is 31.8 Å². The van der Waals surface area contributed by atoms with Gasteiger partial charge in [-0.2, -0.15) is 0 Å². The number of fused-ring (bicyclic) bond motifs is 1. The molecule has 0 aliphatic carbocycles. The number of hydrogen-bond donors (Lipinski definition) is 1. The van der Waals surface area contributed by atoms with Crippen molar-refractivity contribution in [3.8, 4) is 11.1 Å². The maximum absolute atomic E-state index is 13.5. The molecule has 8 heteroatoms. The van der Waals surface area contributed by atoms with Gasteiger partial charge in [0.1, 0.15) is 0 Å². The first-order valence-electron chi connectivity index (χ1n) is 12.9. The summed E-state index contributed by atoms with van der Waals surface area (Å²) in [6, 6.07) is 19.2. The molecule has 2 aromatic carbocycles. The summed E-state index contributed by atoms with van der Waals surface area (Å²) >= 11 is 1.55. The number of carbonyl (C=O) groups is 2. The van der Waals surface area contributed by atoms with Crippen molar-refractivity contribution < 1.29 is 9.59 Å². The van der Waals surface area contributed by atoms with Crippen molar-refractivity contribution in [3.05, 3.63) is 100 Å². The fourth-order valence-electron chi connectivity index (χ4n) is 5.30. The maximum Gasteiger partial charge on any atom is 0.257 e. The van der Waals surface area contributed by atoms with Gasteiger partial charge in [-0.15, -0.1) is 11.3 Å². The topological polar surface area (TPSA) is 78.4 Å². The molecule has 4 heterocycles. The van der Waals surface area contributed by atoms with Crippen molar-refractivity contribution in [1.82, 2.24) is 19.8 Å². The fourth-order valence-corrected chi connectivity index (χ4v) is 6.39. The lowest BCUT2D eigenvalue weighted by Gasteiger charge is -2.25. The van der Waals surface area contributed by atoms with E-state index in [0.717, 1.165) is 54.7 Å². The lowest BCUT2D eigenvalue weighted by atomic mass is 10.0. The predicted molar refractivity (Wildman–Crippen MR) is 149 cm³/mol. The van der Waals surface area contributed by atoms with Crippen LogP contribution in [0.15, 0.2) is 73.1 Å². The molecule has 1 N–H and O–H groups in total. The van der Waals surface area contributed by atoms with Crippen molar-refractivity contribution in [1.29, 1.82) is 0 Å². The van der Waals surface area contributed by atoms with Crippen LogP contribution in [0.4, 0.5) is 5.13 Å². The second-order valence-corrected chi connectivity index (χ2v) is 11.0. The molecule has 7 nitrogen and oxygen atoms in total. The minimum absolute atomic E-state index is 0.0157. The summed E-state index contributed by atoms with van der Waals surface area (Å²) in [4.78, 5) is 40.7. The number of carbonyl (C=O) groups excluding carboxylic acids is 2. The average Bonchev–Trinajstić information content (AvgIpc) is 3.60. The molecule has 0 spiro atoms. The van der Waals surface area contributed by atoms with E-state index >= 15 is 0 Å². The molecular formula is C30H29N5O2S. The van der Waals surface area contributed by atoms with Crippen molar-refractivity contribution >= 4 is 28.3 Å². The molecule has 2 aliphatic heterocycles. The summed E-state index contributed by atoms with van der Waals surface area (Å²) in [5.74, 6) is -0.157. The number of thiazole rings is 1. The van der Waals surface area contributed by atoms with E-state index in [1.54, 1.807) is 23.7 Å². The lowest BCUT2D eigenvalue weighted by molar-refractivity contribution is 0.0735. The molecule has 1 saturated heterocycles. The van der Waals surface area contributed by atoms with Gasteiger partial charge in [0.15, 0.2) is 5.13 Å². The van der Waals surface area contributed by atoms with Crippen molar-refractivity contribution in [2.24, 2.45) is 0 Å². The zero-order valence-corrected chi connectivity index (χ0v) is 22.1. The molecular weight excluding hydrogens is 494 g/mol. The summed E-state index contributed by atoms with van der Waals surface area (Å²) in [6.07, 6.45) is 6.24. The predicted octanol–water partition coefficient (Wildman–Crippen LogP) is 5.42. The maximum atomic E-state index is 13.5. The number of nitrogens with zero attached hydrogens (tertiary/aromatic N) is 4. The van der Waals surface area contributed by atoms with Gasteiger partial charge >= 0.3 is 0 Å². The smallest absolute Gasteiger partial charge is 0.257 e. The molecule has 0 bridgehead atoms. The lowest BCUT2D eigenvalue weighted by Crippen LogP contribution is -2.30. The van der Waals surface area contributed by atoms with Crippen LogP contribution in [-0.2, 0) is 13.0 Å². The number of anilines is 1. The Morgan fingerprint density at radius 2 is 1.76 bits per heavy atom. The highest BCUT2D eigenvalue weighted by atomic mass is 32.1. The molecule has 1 fully saturated rings. The molecule has 192 valence electrons. The Morgan fingerprint density at radius 3 is 2.58 bits per heavy atom. The van der Waals surface area contributed by atoms with Crippen LogP contribution in [0.1, 0.15) is 55.7 Å². The summed E-state index contributed by atoms with van der Waals surface area (Å²) < 4.78 is 0. The number of aromatic nitrogens is 2. The molecule has 2 aliphatic rings. The first kappa shape index (κ1) is 24.5. The largest absolute Gasteiger partial charge is 0.332 e. The molecule has 0 saturated carbocycles. The minimum Gasteiger partial charge on any atom is -0.332 e. The normalized spacial score (nSPS) is 17.3. The van der Waals surface area contributed by atoms with E-state index in [2.05, 4.69) is 27.2 Å². The number of hydrogen-bond acceptors (Lipinski definition) is 6. The zero-order chi connectivity index (χ0) is 26.1. The van der Waals surface area contributed by atoms with E-state index in [4.69, 9.17) is 0 Å². The van der Waals surface area contributed by atoms with Gasteiger partial charge < -0.3 is 9.80 Å². The number of amides is 2. The Hall–Kier alpha value is -3.88.